The largest absolute Gasteiger partial charge is 0.467 e. The molecule has 1 aromatic carbocycles. The topological polar surface area (TPSA) is 82.1 Å². The number of hydroxylamine groups is 2. The van der Waals surface area contributed by atoms with E-state index < -0.39 is 24.3 Å². The van der Waals surface area contributed by atoms with E-state index in [1.165, 1.54) is 7.11 Å². The summed E-state index contributed by atoms with van der Waals surface area (Å²) in [4.78, 5) is 41.0. The zero-order valence-electron chi connectivity index (χ0n) is 15.6. The average Bonchev–Trinajstić information content (AvgIpc) is 2.65. The van der Waals surface area contributed by atoms with Gasteiger partial charge in [0.25, 0.3) is 0 Å². The van der Waals surface area contributed by atoms with E-state index in [1.807, 2.05) is 44.2 Å². The molecule has 7 heteroatoms. The van der Waals surface area contributed by atoms with Crippen molar-refractivity contribution in [3.8, 4) is 0 Å². The summed E-state index contributed by atoms with van der Waals surface area (Å²) in [6, 6.07) is 8.22. The smallest absolute Gasteiger partial charge is 0.331 e. The number of methoxy groups -OCH3 is 1. The van der Waals surface area contributed by atoms with Crippen LogP contribution < -0.4 is 0 Å². The molecule has 2 atom stereocenters. The summed E-state index contributed by atoms with van der Waals surface area (Å²) in [7, 11) is 1.24. The quantitative estimate of drug-likeness (QED) is 0.245. The normalized spacial score (nSPS) is 12.7. The zero-order chi connectivity index (χ0) is 19.4. The standard InChI is InChI=1S/C19H27NO6/c1-4-9-17(22)25-18(10-5-2)26-20(14-21)16(19(23)24-3)13-15-11-7-6-8-12-15/h6-8,11-12,14,16,18H,4-5,9-10,13H2,1-3H3. The minimum Gasteiger partial charge on any atom is -0.467 e. The minimum atomic E-state index is -0.982. The molecule has 0 aliphatic carbocycles. The predicted molar refractivity (Wildman–Crippen MR) is 94.6 cm³/mol. The Morgan fingerprint density at radius 3 is 2.38 bits per heavy atom. The molecule has 144 valence electrons. The lowest BCUT2D eigenvalue weighted by Gasteiger charge is -2.29. The second-order valence-electron chi connectivity index (χ2n) is 5.76. The van der Waals surface area contributed by atoms with Crippen molar-refractivity contribution in [2.45, 2.75) is 58.3 Å². The Morgan fingerprint density at radius 1 is 1.15 bits per heavy atom. The van der Waals surface area contributed by atoms with Crippen molar-refractivity contribution >= 4 is 18.3 Å². The fourth-order valence-corrected chi connectivity index (χ4v) is 2.34. The van der Waals surface area contributed by atoms with Crippen molar-refractivity contribution in [1.82, 2.24) is 5.06 Å². The molecule has 0 bridgehead atoms. The first-order valence-corrected chi connectivity index (χ1v) is 8.77. The Balaban J connectivity index is 2.90. The van der Waals surface area contributed by atoms with E-state index in [4.69, 9.17) is 14.3 Å². The number of carbonyl (C=O) groups excluding carboxylic acids is 3. The molecule has 1 rings (SSSR count). The molecular formula is C19H27NO6. The van der Waals surface area contributed by atoms with Crippen LogP contribution in [0.1, 0.15) is 45.1 Å². The van der Waals surface area contributed by atoms with Gasteiger partial charge in [-0.05, 0) is 12.0 Å². The van der Waals surface area contributed by atoms with Crippen LogP contribution in [0.4, 0.5) is 0 Å². The molecule has 1 aromatic rings. The maximum absolute atomic E-state index is 12.2. The van der Waals surface area contributed by atoms with Gasteiger partial charge in [-0.15, -0.1) is 0 Å². The average molecular weight is 365 g/mol. The van der Waals surface area contributed by atoms with E-state index >= 15 is 0 Å². The molecule has 0 heterocycles. The van der Waals surface area contributed by atoms with Crippen LogP contribution in [0, 0.1) is 0 Å². The van der Waals surface area contributed by atoms with Gasteiger partial charge in [-0.2, -0.15) is 0 Å². The second kappa shape index (κ2) is 12.0. The van der Waals surface area contributed by atoms with E-state index in [0.29, 0.717) is 25.7 Å². The minimum absolute atomic E-state index is 0.216. The molecule has 0 spiro atoms. The molecule has 26 heavy (non-hydrogen) atoms. The molecule has 0 fully saturated rings. The van der Waals surface area contributed by atoms with Gasteiger partial charge in [-0.3, -0.25) is 9.59 Å². The molecule has 0 radical (unpaired) electrons. The van der Waals surface area contributed by atoms with Crippen molar-refractivity contribution in [1.29, 1.82) is 0 Å². The van der Waals surface area contributed by atoms with E-state index in [0.717, 1.165) is 10.6 Å². The van der Waals surface area contributed by atoms with E-state index in [2.05, 4.69) is 0 Å². The summed E-state index contributed by atoms with van der Waals surface area (Å²) >= 11 is 0. The fourth-order valence-electron chi connectivity index (χ4n) is 2.34. The molecule has 0 saturated carbocycles. The van der Waals surface area contributed by atoms with Gasteiger partial charge in [-0.1, -0.05) is 50.6 Å². The summed E-state index contributed by atoms with van der Waals surface area (Å²) in [5, 5.41) is 0.873. The van der Waals surface area contributed by atoms with Crippen LogP contribution in [0.15, 0.2) is 30.3 Å². The van der Waals surface area contributed by atoms with E-state index in [-0.39, 0.29) is 12.8 Å². The first-order valence-electron chi connectivity index (χ1n) is 8.77. The highest BCUT2D eigenvalue weighted by Crippen LogP contribution is 2.15. The summed E-state index contributed by atoms with van der Waals surface area (Å²) < 4.78 is 10.1. The van der Waals surface area contributed by atoms with Crippen molar-refractivity contribution in [3.05, 3.63) is 35.9 Å². The number of carbonyl (C=O) groups is 3. The molecule has 0 aliphatic heterocycles. The van der Waals surface area contributed by atoms with Crippen molar-refractivity contribution in [2.75, 3.05) is 7.11 Å². The van der Waals surface area contributed by atoms with Gasteiger partial charge in [-0.25, -0.2) is 14.7 Å². The van der Waals surface area contributed by atoms with Gasteiger partial charge in [0, 0.05) is 19.3 Å². The lowest BCUT2D eigenvalue weighted by Crippen LogP contribution is -2.45. The summed E-state index contributed by atoms with van der Waals surface area (Å²) in [6.07, 6.45) is 1.67. The number of benzene rings is 1. The Labute approximate surface area is 154 Å². The van der Waals surface area contributed by atoms with Crippen LogP contribution in [-0.2, 0) is 35.1 Å². The number of rotatable bonds is 12. The lowest BCUT2D eigenvalue weighted by molar-refractivity contribution is -0.271. The Bertz CT molecular complexity index is 562. The highest BCUT2D eigenvalue weighted by Gasteiger charge is 2.30. The molecule has 0 aliphatic rings. The van der Waals surface area contributed by atoms with Crippen LogP contribution in [0.5, 0.6) is 0 Å². The summed E-state index contributed by atoms with van der Waals surface area (Å²) in [6.45, 7) is 3.76. The lowest BCUT2D eigenvalue weighted by atomic mass is 10.1. The highest BCUT2D eigenvalue weighted by atomic mass is 16.8. The highest BCUT2D eigenvalue weighted by molar-refractivity contribution is 5.78. The molecule has 7 nitrogen and oxygen atoms in total. The number of esters is 2. The van der Waals surface area contributed by atoms with Crippen LogP contribution >= 0.6 is 0 Å². The van der Waals surface area contributed by atoms with Crippen molar-refractivity contribution in [2.24, 2.45) is 0 Å². The number of ether oxygens (including phenoxy) is 2. The van der Waals surface area contributed by atoms with Gasteiger partial charge in [0.05, 0.1) is 7.11 Å². The third-order valence-corrected chi connectivity index (χ3v) is 3.64. The molecular weight excluding hydrogens is 338 g/mol. The molecule has 1 amide bonds. The third kappa shape index (κ3) is 7.23. The van der Waals surface area contributed by atoms with Crippen LogP contribution in [-0.4, -0.2) is 42.9 Å². The van der Waals surface area contributed by atoms with Gasteiger partial charge < -0.3 is 9.47 Å². The van der Waals surface area contributed by atoms with Gasteiger partial charge >= 0.3 is 11.9 Å². The maximum atomic E-state index is 12.2. The van der Waals surface area contributed by atoms with Crippen molar-refractivity contribution < 1.29 is 28.7 Å². The first kappa shape index (κ1) is 21.6. The second-order valence-corrected chi connectivity index (χ2v) is 5.76. The first-order chi connectivity index (χ1) is 12.5. The van der Waals surface area contributed by atoms with E-state index in [1.54, 1.807) is 0 Å². The number of hydrogen-bond donors (Lipinski definition) is 0. The third-order valence-electron chi connectivity index (χ3n) is 3.64. The van der Waals surface area contributed by atoms with E-state index in [9.17, 15) is 14.4 Å². The zero-order valence-corrected chi connectivity index (χ0v) is 15.6. The monoisotopic (exact) mass is 365 g/mol. The SMILES string of the molecule is CCCC(=O)OC(CCC)ON(C=O)C(Cc1ccccc1)C(=O)OC. The number of amides is 1. The Morgan fingerprint density at radius 2 is 1.85 bits per heavy atom. The van der Waals surface area contributed by atoms with Crippen molar-refractivity contribution in [3.63, 3.8) is 0 Å². The van der Waals surface area contributed by atoms with Gasteiger partial charge in [0.15, 0.2) is 6.04 Å². The molecule has 0 aromatic heterocycles. The summed E-state index contributed by atoms with van der Waals surface area (Å²) in [5.74, 6) is -1.02. The predicted octanol–water partition coefficient (Wildman–Crippen LogP) is 2.63. The number of hydrogen-bond acceptors (Lipinski definition) is 6. The molecule has 0 saturated heterocycles. The molecule has 0 N–H and O–H groups in total. The van der Waals surface area contributed by atoms with Gasteiger partial charge in [0.2, 0.25) is 12.7 Å². The summed E-state index contributed by atoms with van der Waals surface area (Å²) in [5.41, 5.74) is 0.841. The fraction of sp³-hybridized carbons (Fsp3) is 0.526. The molecule has 2 unspecified atom stereocenters. The van der Waals surface area contributed by atoms with Gasteiger partial charge in [0.1, 0.15) is 0 Å². The Kier molecular flexibility index (Phi) is 10.0. The Hall–Kier alpha value is -2.41. The van der Waals surface area contributed by atoms with Crippen LogP contribution in [0.3, 0.4) is 0 Å². The maximum Gasteiger partial charge on any atom is 0.331 e. The van der Waals surface area contributed by atoms with Crippen LogP contribution in [0.2, 0.25) is 0 Å². The number of nitrogens with zero attached hydrogens (tertiary/aromatic N) is 1. The van der Waals surface area contributed by atoms with Crippen LogP contribution in [0.25, 0.3) is 0 Å².